The van der Waals surface area contributed by atoms with Gasteiger partial charge in [-0.1, -0.05) is 0 Å². The summed E-state index contributed by atoms with van der Waals surface area (Å²) in [5.74, 6) is 0.934. The molecule has 5 nitrogen and oxygen atoms in total. The Hall–Kier alpha value is -2.04. The molecule has 0 spiro atoms. The third-order valence-corrected chi connectivity index (χ3v) is 3.59. The first-order chi connectivity index (χ1) is 9.33. The van der Waals surface area contributed by atoms with E-state index in [1.165, 1.54) is 31.6 Å². The summed E-state index contributed by atoms with van der Waals surface area (Å²) >= 11 is 0. The lowest BCUT2D eigenvalue weighted by atomic mass is 10.2. The van der Waals surface area contributed by atoms with Crippen LogP contribution in [-0.2, 0) is 13.6 Å². The molecule has 0 unspecified atom stereocenters. The summed E-state index contributed by atoms with van der Waals surface area (Å²) < 4.78 is 1.92. The predicted octanol–water partition coefficient (Wildman–Crippen LogP) is 2.03. The number of hydrogen-bond donors (Lipinski definition) is 1. The van der Waals surface area contributed by atoms with E-state index in [2.05, 4.69) is 44.7 Å². The van der Waals surface area contributed by atoms with E-state index < -0.39 is 0 Å². The molecule has 1 aromatic heterocycles. The molecule has 0 saturated carbocycles. The molecule has 2 heterocycles. The van der Waals surface area contributed by atoms with Crippen molar-refractivity contribution in [3.8, 4) is 0 Å². The minimum Gasteiger partial charge on any atom is -0.378 e. The molecule has 0 amide bonds. The van der Waals surface area contributed by atoms with Crippen LogP contribution in [0.4, 0.5) is 11.4 Å². The van der Waals surface area contributed by atoms with Gasteiger partial charge in [-0.2, -0.15) is 0 Å². The largest absolute Gasteiger partial charge is 0.378 e. The van der Waals surface area contributed by atoms with Crippen LogP contribution in [-0.4, -0.2) is 27.9 Å². The highest BCUT2D eigenvalue weighted by molar-refractivity contribution is 5.55. The summed E-state index contributed by atoms with van der Waals surface area (Å²) in [4.78, 5) is 2.44. The van der Waals surface area contributed by atoms with Crippen LogP contribution in [0.1, 0.15) is 18.7 Å². The van der Waals surface area contributed by atoms with E-state index in [-0.39, 0.29) is 0 Å². The Labute approximate surface area is 113 Å². The van der Waals surface area contributed by atoms with Crippen LogP contribution >= 0.6 is 0 Å². The van der Waals surface area contributed by atoms with Crippen molar-refractivity contribution in [3.63, 3.8) is 0 Å². The fourth-order valence-electron chi connectivity index (χ4n) is 2.41. The zero-order valence-electron chi connectivity index (χ0n) is 11.2. The normalized spacial score (nSPS) is 14.9. The molecule has 0 bridgehead atoms. The first-order valence-electron chi connectivity index (χ1n) is 6.75. The number of nitrogens with one attached hydrogen (secondary N) is 1. The van der Waals surface area contributed by atoms with Crippen molar-refractivity contribution in [3.05, 3.63) is 36.4 Å². The number of aromatic nitrogens is 3. The fourth-order valence-corrected chi connectivity index (χ4v) is 2.41. The van der Waals surface area contributed by atoms with E-state index in [0.29, 0.717) is 6.54 Å². The van der Waals surface area contributed by atoms with Crippen molar-refractivity contribution < 1.29 is 0 Å². The Morgan fingerprint density at radius 3 is 2.53 bits per heavy atom. The minimum absolute atomic E-state index is 0.694. The molecule has 3 rings (SSSR count). The average Bonchev–Trinajstić information content (AvgIpc) is 3.09. The topological polar surface area (TPSA) is 46.0 Å². The summed E-state index contributed by atoms with van der Waals surface area (Å²) in [7, 11) is 1.95. The van der Waals surface area contributed by atoms with Gasteiger partial charge < -0.3 is 14.8 Å². The van der Waals surface area contributed by atoms with Gasteiger partial charge in [-0.15, -0.1) is 10.2 Å². The Bertz CT molecular complexity index is 525. The van der Waals surface area contributed by atoms with Crippen molar-refractivity contribution in [2.75, 3.05) is 23.3 Å². The molecule has 100 valence electrons. The summed E-state index contributed by atoms with van der Waals surface area (Å²) in [5.41, 5.74) is 2.44. The lowest BCUT2D eigenvalue weighted by molar-refractivity contribution is 0.812. The molecular formula is C14H19N5. The van der Waals surface area contributed by atoms with Gasteiger partial charge in [-0.05, 0) is 37.1 Å². The van der Waals surface area contributed by atoms with Crippen molar-refractivity contribution in [2.45, 2.75) is 19.4 Å². The molecule has 0 atom stereocenters. The van der Waals surface area contributed by atoms with Crippen LogP contribution in [0.5, 0.6) is 0 Å². The molecule has 0 radical (unpaired) electrons. The highest BCUT2D eigenvalue weighted by atomic mass is 15.3. The number of hydrogen-bond acceptors (Lipinski definition) is 4. The van der Waals surface area contributed by atoms with Crippen LogP contribution < -0.4 is 10.2 Å². The fraction of sp³-hybridized carbons (Fsp3) is 0.429. The van der Waals surface area contributed by atoms with Crippen LogP contribution in [0.2, 0.25) is 0 Å². The average molecular weight is 257 g/mol. The Morgan fingerprint density at radius 2 is 1.89 bits per heavy atom. The Balaban J connectivity index is 1.61. The second kappa shape index (κ2) is 5.30. The van der Waals surface area contributed by atoms with Gasteiger partial charge in [0.15, 0.2) is 5.82 Å². The van der Waals surface area contributed by atoms with Gasteiger partial charge in [0, 0.05) is 31.5 Å². The molecule has 1 aromatic carbocycles. The van der Waals surface area contributed by atoms with Crippen molar-refractivity contribution in [2.24, 2.45) is 7.05 Å². The number of anilines is 2. The number of aryl methyl sites for hydroxylation is 1. The third-order valence-electron chi connectivity index (χ3n) is 3.59. The second-order valence-corrected chi connectivity index (χ2v) is 4.95. The molecule has 1 saturated heterocycles. The zero-order valence-corrected chi connectivity index (χ0v) is 11.2. The monoisotopic (exact) mass is 257 g/mol. The minimum atomic E-state index is 0.694. The maximum absolute atomic E-state index is 4.05. The van der Waals surface area contributed by atoms with Crippen molar-refractivity contribution in [1.82, 2.24) is 14.8 Å². The van der Waals surface area contributed by atoms with Gasteiger partial charge in [-0.25, -0.2) is 0 Å². The predicted molar refractivity (Wildman–Crippen MR) is 76.2 cm³/mol. The van der Waals surface area contributed by atoms with Crippen molar-refractivity contribution >= 4 is 11.4 Å². The summed E-state index contributed by atoms with van der Waals surface area (Å²) in [6, 6.07) is 8.63. The molecule has 0 aliphatic carbocycles. The standard InChI is InChI=1S/C14H19N5/c1-18-11-16-17-14(18)10-15-12-4-6-13(7-5-12)19-8-2-3-9-19/h4-7,11,15H,2-3,8-10H2,1H3. The Kier molecular flexibility index (Phi) is 3.35. The molecule has 1 aliphatic rings. The highest BCUT2D eigenvalue weighted by Crippen LogP contribution is 2.22. The van der Waals surface area contributed by atoms with Gasteiger partial charge in [0.1, 0.15) is 6.33 Å². The van der Waals surface area contributed by atoms with Crippen LogP contribution in [0.15, 0.2) is 30.6 Å². The summed E-state index contributed by atoms with van der Waals surface area (Å²) in [6.45, 7) is 3.07. The molecule has 2 aromatic rings. The van der Waals surface area contributed by atoms with Gasteiger partial charge in [0.2, 0.25) is 0 Å². The van der Waals surface area contributed by atoms with E-state index in [4.69, 9.17) is 0 Å². The highest BCUT2D eigenvalue weighted by Gasteiger charge is 2.11. The Morgan fingerprint density at radius 1 is 1.16 bits per heavy atom. The number of rotatable bonds is 4. The molecular weight excluding hydrogens is 238 g/mol. The van der Waals surface area contributed by atoms with Gasteiger partial charge in [0.25, 0.3) is 0 Å². The smallest absolute Gasteiger partial charge is 0.151 e. The molecule has 1 fully saturated rings. The van der Waals surface area contributed by atoms with Crippen LogP contribution in [0.25, 0.3) is 0 Å². The van der Waals surface area contributed by atoms with Crippen LogP contribution in [0, 0.1) is 0 Å². The van der Waals surface area contributed by atoms with E-state index in [0.717, 1.165) is 11.5 Å². The van der Waals surface area contributed by atoms with Gasteiger partial charge in [-0.3, -0.25) is 0 Å². The number of benzene rings is 1. The quantitative estimate of drug-likeness (QED) is 0.910. The zero-order chi connectivity index (χ0) is 13.1. The second-order valence-electron chi connectivity index (χ2n) is 4.95. The SMILES string of the molecule is Cn1cnnc1CNc1ccc(N2CCCC2)cc1. The van der Waals surface area contributed by atoms with E-state index in [1.807, 2.05) is 11.6 Å². The first kappa shape index (κ1) is 12.0. The molecule has 1 N–H and O–H groups in total. The maximum atomic E-state index is 4.05. The van der Waals surface area contributed by atoms with Crippen molar-refractivity contribution in [1.29, 1.82) is 0 Å². The van der Waals surface area contributed by atoms with Crippen LogP contribution in [0.3, 0.4) is 0 Å². The first-order valence-corrected chi connectivity index (χ1v) is 6.75. The third kappa shape index (κ3) is 2.70. The van der Waals surface area contributed by atoms with E-state index >= 15 is 0 Å². The molecule has 1 aliphatic heterocycles. The number of nitrogens with zero attached hydrogens (tertiary/aromatic N) is 4. The van der Waals surface area contributed by atoms with Gasteiger partial charge in [0.05, 0.1) is 6.54 Å². The summed E-state index contributed by atoms with van der Waals surface area (Å²) in [5, 5.41) is 11.3. The summed E-state index contributed by atoms with van der Waals surface area (Å²) in [6.07, 6.45) is 4.34. The molecule has 5 heteroatoms. The van der Waals surface area contributed by atoms with Gasteiger partial charge >= 0.3 is 0 Å². The maximum Gasteiger partial charge on any atom is 0.151 e. The molecule has 19 heavy (non-hydrogen) atoms. The van der Waals surface area contributed by atoms with E-state index in [1.54, 1.807) is 6.33 Å². The lowest BCUT2D eigenvalue weighted by Gasteiger charge is -2.17. The lowest BCUT2D eigenvalue weighted by Crippen LogP contribution is -2.17. The van der Waals surface area contributed by atoms with E-state index in [9.17, 15) is 0 Å².